The highest BCUT2D eigenvalue weighted by Gasteiger charge is 2.22. The van der Waals surface area contributed by atoms with Gasteiger partial charge in [-0.2, -0.15) is 0 Å². The summed E-state index contributed by atoms with van der Waals surface area (Å²) in [5, 5.41) is 0. The molecule has 0 radical (unpaired) electrons. The van der Waals surface area contributed by atoms with Gasteiger partial charge in [-0.05, 0) is 34.2 Å². The topological polar surface area (TPSA) is 32.5 Å². The van der Waals surface area contributed by atoms with Gasteiger partial charge in [0.1, 0.15) is 0 Å². The molecule has 3 heteroatoms. The molecule has 0 aromatic rings. The Bertz CT molecular complexity index is 174. The van der Waals surface area contributed by atoms with E-state index < -0.39 is 0 Å². The summed E-state index contributed by atoms with van der Waals surface area (Å²) < 4.78 is 0. The lowest BCUT2D eigenvalue weighted by atomic mass is 10.0. The van der Waals surface area contributed by atoms with Crippen LogP contribution in [-0.2, 0) is 0 Å². The van der Waals surface area contributed by atoms with Crippen molar-refractivity contribution in [3.63, 3.8) is 0 Å². The second-order valence-corrected chi connectivity index (χ2v) is 5.39. The monoisotopic (exact) mass is 199 g/mol. The summed E-state index contributed by atoms with van der Waals surface area (Å²) in [6.07, 6.45) is 1.08. The van der Waals surface area contributed by atoms with Crippen LogP contribution in [0.2, 0.25) is 0 Å². The van der Waals surface area contributed by atoms with Crippen molar-refractivity contribution in [1.82, 2.24) is 9.80 Å². The van der Waals surface area contributed by atoms with Crippen LogP contribution in [0, 0.1) is 0 Å². The third-order valence-electron chi connectivity index (χ3n) is 3.01. The fourth-order valence-electron chi connectivity index (χ4n) is 1.94. The van der Waals surface area contributed by atoms with Gasteiger partial charge in [-0.25, -0.2) is 0 Å². The fourth-order valence-corrected chi connectivity index (χ4v) is 1.94. The number of piperazine rings is 1. The summed E-state index contributed by atoms with van der Waals surface area (Å²) >= 11 is 0. The van der Waals surface area contributed by atoms with E-state index in [-0.39, 0.29) is 5.54 Å². The van der Waals surface area contributed by atoms with Crippen LogP contribution in [0.15, 0.2) is 0 Å². The molecule has 84 valence electrons. The maximum Gasteiger partial charge on any atom is 0.0195 e. The third-order valence-corrected chi connectivity index (χ3v) is 3.01. The number of nitrogens with two attached hydrogens (primary N) is 1. The van der Waals surface area contributed by atoms with Crippen LogP contribution in [0.5, 0.6) is 0 Å². The average molecular weight is 199 g/mol. The normalized spacial score (nSPS) is 26.8. The van der Waals surface area contributed by atoms with Crippen LogP contribution in [0.4, 0.5) is 0 Å². The Hall–Kier alpha value is -0.120. The third kappa shape index (κ3) is 3.95. The van der Waals surface area contributed by atoms with Crippen molar-refractivity contribution in [2.75, 3.05) is 33.2 Å². The Morgan fingerprint density at radius 2 is 2.00 bits per heavy atom. The van der Waals surface area contributed by atoms with Gasteiger partial charge in [0.15, 0.2) is 0 Å². The molecule has 3 nitrogen and oxygen atoms in total. The van der Waals surface area contributed by atoms with Gasteiger partial charge in [-0.15, -0.1) is 0 Å². The first kappa shape index (κ1) is 12.0. The molecule has 1 unspecified atom stereocenters. The first-order valence-corrected chi connectivity index (χ1v) is 5.60. The van der Waals surface area contributed by atoms with Crippen molar-refractivity contribution in [2.24, 2.45) is 5.73 Å². The minimum atomic E-state index is -0.0247. The number of hydrogen-bond donors (Lipinski definition) is 1. The van der Waals surface area contributed by atoms with E-state index in [4.69, 9.17) is 5.73 Å². The largest absolute Gasteiger partial charge is 0.326 e. The lowest BCUT2D eigenvalue weighted by Gasteiger charge is -2.39. The summed E-state index contributed by atoms with van der Waals surface area (Å²) in [7, 11) is 2.20. The summed E-state index contributed by atoms with van der Waals surface area (Å²) in [5.41, 5.74) is 5.96. The lowest BCUT2D eigenvalue weighted by Crippen LogP contribution is -2.51. The summed E-state index contributed by atoms with van der Waals surface area (Å²) in [6, 6.07) is 0.677. The zero-order chi connectivity index (χ0) is 10.8. The van der Waals surface area contributed by atoms with Crippen molar-refractivity contribution in [2.45, 2.75) is 38.8 Å². The van der Waals surface area contributed by atoms with Crippen LogP contribution in [0.3, 0.4) is 0 Å². The van der Waals surface area contributed by atoms with Crippen molar-refractivity contribution in [3.8, 4) is 0 Å². The molecule has 1 saturated heterocycles. The van der Waals surface area contributed by atoms with Crippen molar-refractivity contribution in [1.29, 1.82) is 0 Å². The van der Waals surface area contributed by atoms with Crippen molar-refractivity contribution >= 4 is 0 Å². The Morgan fingerprint density at radius 1 is 1.36 bits per heavy atom. The van der Waals surface area contributed by atoms with E-state index >= 15 is 0 Å². The predicted octanol–water partition coefficient (Wildman–Crippen LogP) is 0.750. The van der Waals surface area contributed by atoms with Crippen LogP contribution >= 0.6 is 0 Å². The standard InChI is InChI=1S/C11H25N3/c1-10-9-13(4)7-8-14(10)6-5-11(2,3)12/h10H,5-9,12H2,1-4H3. The molecule has 1 rings (SSSR count). The zero-order valence-electron chi connectivity index (χ0n) is 10.1. The number of hydrogen-bond acceptors (Lipinski definition) is 3. The number of likely N-dealkylation sites (N-methyl/N-ethyl adjacent to an activating group) is 1. The molecule has 14 heavy (non-hydrogen) atoms. The van der Waals surface area contributed by atoms with Gasteiger partial charge in [-0.1, -0.05) is 0 Å². The smallest absolute Gasteiger partial charge is 0.0195 e. The zero-order valence-corrected chi connectivity index (χ0v) is 10.1. The molecule has 0 saturated carbocycles. The molecule has 1 atom stereocenters. The Kier molecular flexibility index (Phi) is 3.93. The SMILES string of the molecule is CC1CN(C)CCN1CCC(C)(C)N. The number of nitrogens with zero attached hydrogens (tertiary/aromatic N) is 2. The van der Waals surface area contributed by atoms with Crippen LogP contribution in [0.25, 0.3) is 0 Å². The molecule has 1 fully saturated rings. The van der Waals surface area contributed by atoms with Crippen LogP contribution < -0.4 is 5.73 Å². The van der Waals surface area contributed by atoms with Gasteiger partial charge >= 0.3 is 0 Å². The first-order chi connectivity index (χ1) is 6.38. The maximum atomic E-state index is 5.99. The molecule has 1 heterocycles. The number of rotatable bonds is 3. The Labute approximate surface area is 88.2 Å². The van der Waals surface area contributed by atoms with E-state index in [2.05, 4.69) is 37.6 Å². The molecule has 0 bridgehead atoms. The first-order valence-electron chi connectivity index (χ1n) is 5.60. The highest BCUT2D eigenvalue weighted by Crippen LogP contribution is 2.11. The van der Waals surface area contributed by atoms with E-state index in [0.29, 0.717) is 6.04 Å². The van der Waals surface area contributed by atoms with Gasteiger partial charge < -0.3 is 10.6 Å². The summed E-state index contributed by atoms with van der Waals surface area (Å²) in [5.74, 6) is 0. The molecule has 2 N–H and O–H groups in total. The molecule has 1 aliphatic rings. The molecule has 0 spiro atoms. The highest BCUT2D eigenvalue weighted by molar-refractivity contribution is 4.80. The maximum absolute atomic E-state index is 5.99. The van der Waals surface area contributed by atoms with Gasteiger partial charge in [0.25, 0.3) is 0 Å². The molecule has 0 amide bonds. The highest BCUT2D eigenvalue weighted by atomic mass is 15.3. The molecule has 0 aromatic carbocycles. The fraction of sp³-hybridized carbons (Fsp3) is 1.00. The molecule has 0 aromatic heterocycles. The molecular formula is C11H25N3. The Balaban J connectivity index is 2.31. The van der Waals surface area contributed by atoms with Crippen LogP contribution in [0.1, 0.15) is 27.2 Å². The second kappa shape index (κ2) is 4.60. The van der Waals surface area contributed by atoms with E-state index in [1.54, 1.807) is 0 Å². The molecule has 0 aliphatic carbocycles. The van der Waals surface area contributed by atoms with Gasteiger partial charge in [-0.3, -0.25) is 4.90 Å². The van der Waals surface area contributed by atoms with Gasteiger partial charge in [0.2, 0.25) is 0 Å². The predicted molar refractivity (Wildman–Crippen MR) is 61.4 cm³/mol. The second-order valence-electron chi connectivity index (χ2n) is 5.39. The summed E-state index contributed by atoms with van der Waals surface area (Å²) in [4.78, 5) is 4.95. The summed E-state index contributed by atoms with van der Waals surface area (Å²) in [6.45, 7) is 11.2. The molecular weight excluding hydrogens is 174 g/mol. The molecule has 1 aliphatic heterocycles. The minimum Gasteiger partial charge on any atom is -0.326 e. The van der Waals surface area contributed by atoms with E-state index in [1.165, 1.54) is 19.6 Å². The Morgan fingerprint density at radius 3 is 2.50 bits per heavy atom. The van der Waals surface area contributed by atoms with E-state index in [1.807, 2.05) is 0 Å². The quantitative estimate of drug-likeness (QED) is 0.728. The average Bonchev–Trinajstić information content (AvgIpc) is 2.00. The van der Waals surface area contributed by atoms with Gasteiger partial charge in [0, 0.05) is 37.8 Å². The van der Waals surface area contributed by atoms with E-state index in [9.17, 15) is 0 Å². The van der Waals surface area contributed by atoms with Gasteiger partial charge in [0.05, 0.1) is 0 Å². The van der Waals surface area contributed by atoms with Crippen LogP contribution in [-0.4, -0.2) is 54.6 Å². The minimum absolute atomic E-state index is 0.0247. The van der Waals surface area contributed by atoms with Crippen molar-refractivity contribution in [3.05, 3.63) is 0 Å². The lowest BCUT2D eigenvalue weighted by molar-refractivity contribution is 0.0940. The van der Waals surface area contributed by atoms with E-state index in [0.717, 1.165) is 13.0 Å². The van der Waals surface area contributed by atoms with Crippen molar-refractivity contribution < 1.29 is 0 Å².